The summed E-state index contributed by atoms with van der Waals surface area (Å²) in [7, 11) is -0.831. The third-order valence-corrected chi connectivity index (χ3v) is 7.23. The Morgan fingerprint density at radius 3 is 2.61 bits per heavy atom. The molecule has 3 aromatic rings. The van der Waals surface area contributed by atoms with Crippen molar-refractivity contribution in [2.45, 2.75) is 37.9 Å². The van der Waals surface area contributed by atoms with Gasteiger partial charge in [0, 0.05) is 31.5 Å². The van der Waals surface area contributed by atoms with E-state index in [1.807, 2.05) is 13.0 Å². The van der Waals surface area contributed by atoms with Crippen molar-refractivity contribution in [1.29, 1.82) is 0 Å². The maximum absolute atomic E-state index is 12.8. The van der Waals surface area contributed by atoms with Gasteiger partial charge >= 0.3 is 5.69 Å². The molecule has 1 aliphatic rings. The van der Waals surface area contributed by atoms with Crippen LogP contribution in [0.2, 0.25) is 0 Å². The molecular formula is C21H23N5O4S. The fourth-order valence-electron chi connectivity index (χ4n) is 3.47. The van der Waals surface area contributed by atoms with Crippen molar-refractivity contribution >= 4 is 21.0 Å². The predicted molar refractivity (Wildman–Crippen MR) is 115 cm³/mol. The molecule has 9 nitrogen and oxygen atoms in total. The fourth-order valence-corrected chi connectivity index (χ4v) is 5.31. The Morgan fingerprint density at radius 2 is 1.94 bits per heavy atom. The molecule has 0 aliphatic heterocycles. The summed E-state index contributed by atoms with van der Waals surface area (Å²) < 4.78 is 29.1. The molecule has 1 aliphatic carbocycles. The van der Waals surface area contributed by atoms with Crippen LogP contribution in [0.3, 0.4) is 0 Å². The maximum atomic E-state index is 12.8. The van der Waals surface area contributed by atoms with Crippen molar-refractivity contribution in [3.63, 3.8) is 0 Å². The number of nitrogens with zero attached hydrogens (tertiary/aromatic N) is 5. The average molecular weight is 442 g/mol. The van der Waals surface area contributed by atoms with Crippen LogP contribution in [-0.4, -0.2) is 37.8 Å². The van der Waals surface area contributed by atoms with Crippen molar-refractivity contribution in [3.8, 4) is 11.8 Å². The summed E-state index contributed by atoms with van der Waals surface area (Å²) in [6, 6.07) is 3.64. The van der Waals surface area contributed by atoms with Gasteiger partial charge in [-0.1, -0.05) is 18.8 Å². The highest BCUT2D eigenvalue weighted by Crippen LogP contribution is 2.32. The fraction of sp³-hybridized carbons (Fsp3) is 0.429. The van der Waals surface area contributed by atoms with Gasteiger partial charge in [-0.15, -0.1) is 0 Å². The van der Waals surface area contributed by atoms with Crippen molar-refractivity contribution < 1.29 is 8.42 Å². The molecule has 0 saturated heterocycles. The van der Waals surface area contributed by atoms with Gasteiger partial charge in [-0.2, -0.15) is 4.98 Å². The minimum absolute atomic E-state index is 0.00365. The first-order chi connectivity index (χ1) is 14.7. The smallest absolute Gasteiger partial charge is 0.312 e. The summed E-state index contributed by atoms with van der Waals surface area (Å²) >= 11 is 0. The molecule has 4 rings (SSSR count). The lowest BCUT2D eigenvalue weighted by molar-refractivity contribution is 0.576. The van der Waals surface area contributed by atoms with E-state index in [1.165, 1.54) is 23.2 Å². The molecule has 0 atom stereocenters. The third-order valence-electron chi connectivity index (χ3n) is 5.40. The van der Waals surface area contributed by atoms with Crippen LogP contribution in [0, 0.1) is 17.8 Å². The van der Waals surface area contributed by atoms with Crippen molar-refractivity contribution in [1.82, 2.24) is 23.7 Å². The molecule has 1 fully saturated rings. The van der Waals surface area contributed by atoms with Crippen LogP contribution < -0.4 is 11.2 Å². The molecule has 1 saturated carbocycles. The van der Waals surface area contributed by atoms with Crippen molar-refractivity contribution in [3.05, 3.63) is 50.4 Å². The molecule has 3 heterocycles. The highest BCUT2D eigenvalue weighted by atomic mass is 32.2. The van der Waals surface area contributed by atoms with E-state index in [-0.39, 0.29) is 34.5 Å². The number of rotatable bonds is 5. The normalized spacial score (nSPS) is 13.9. The minimum Gasteiger partial charge on any atom is -0.312 e. The van der Waals surface area contributed by atoms with Crippen LogP contribution in [0.15, 0.2) is 33.1 Å². The molecule has 162 valence electrons. The van der Waals surface area contributed by atoms with Gasteiger partial charge in [0.15, 0.2) is 11.2 Å². The Kier molecular flexibility index (Phi) is 5.31. The zero-order chi connectivity index (χ0) is 22.3. The predicted octanol–water partition coefficient (Wildman–Crippen LogP) is 0.627. The number of aromatic nitrogens is 5. The van der Waals surface area contributed by atoms with Gasteiger partial charge in [0.1, 0.15) is 0 Å². The molecular weight excluding hydrogens is 418 g/mol. The lowest BCUT2D eigenvalue weighted by atomic mass is 10.2. The zero-order valence-electron chi connectivity index (χ0n) is 17.6. The van der Waals surface area contributed by atoms with Gasteiger partial charge in [0.05, 0.1) is 12.3 Å². The number of pyridine rings is 1. The van der Waals surface area contributed by atoms with E-state index in [1.54, 1.807) is 12.3 Å². The third kappa shape index (κ3) is 3.93. The summed E-state index contributed by atoms with van der Waals surface area (Å²) in [4.78, 5) is 33.9. The second-order valence-corrected chi connectivity index (χ2v) is 9.70. The maximum Gasteiger partial charge on any atom is 0.333 e. The highest BCUT2D eigenvalue weighted by Gasteiger charge is 2.33. The van der Waals surface area contributed by atoms with Crippen LogP contribution in [0.5, 0.6) is 0 Å². The monoisotopic (exact) mass is 441 g/mol. The quantitative estimate of drug-likeness (QED) is 0.537. The van der Waals surface area contributed by atoms with Gasteiger partial charge < -0.3 is 4.57 Å². The van der Waals surface area contributed by atoms with E-state index in [2.05, 4.69) is 21.8 Å². The van der Waals surface area contributed by atoms with E-state index in [4.69, 9.17) is 0 Å². The second kappa shape index (κ2) is 7.81. The topological polar surface area (TPSA) is 109 Å². The average Bonchev–Trinajstić information content (AvgIpc) is 3.47. The summed E-state index contributed by atoms with van der Waals surface area (Å²) in [6.07, 6.45) is 4.21. The Morgan fingerprint density at radius 1 is 1.19 bits per heavy atom. The van der Waals surface area contributed by atoms with Gasteiger partial charge in [-0.25, -0.2) is 13.2 Å². The molecule has 0 radical (unpaired) electrons. The standard InChI is InChI=1S/C21H23N5O4S/c1-4-16-12-14(9-10-22-16)6-5-11-26-18-17(19(27)25(3)21(26)28)24(2)20(23-18)31(29,30)13-15-7-8-15/h9-10,12,15H,4,7-8,11,13H2,1-3H3. The van der Waals surface area contributed by atoms with Crippen LogP contribution in [0.1, 0.15) is 31.0 Å². The Bertz CT molecular complexity index is 1460. The van der Waals surface area contributed by atoms with Crippen LogP contribution >= 0.6 is 0 Å². The molecule has 0 N–H and O–H groups in total. The van der Waals surface area contributed by atoms with E-state index in [0.717, 1.165) is 35.1 Å². The van der Waals surface area contributed by atoms with Gasteiger partial charge in [-0.05, 0) is 37.3 Å². The minimum atomic E-state index is -3.67. The summed E-state index contributed by atoms with van der Waals surface area (Å²) in [5, 5.41) is -0.194. The number of hydrogen-bond acceptors (Lipinski definition) is 6. The van der Waals surface area contributed by atoms with Crippen LogP contribution in [0.4, 0.5) is 0 Å². The summed E-state index contributed by atoms with van der Waals surface area (Å²) in [5.74, 6) is 6.05. The van der Waals surface area contributed by atoms with Crippen molar-refractivity contribution in [2.24, 2.45) is 20.0 Å². The molecule has 0 spiro atoms. The summed E-state index contributed by atoms with van der Waals surface area (Å²) in [6.45, 7) is 1.96. The van der Waals surface area contributed by atoms with E-state index < -0.39 is 21.1 Å². The lowest BCUT2D eigenvalue weighted by Gasteiger charge is -2.06. The molecule has 0 unspecified atom stereocenters. The first kappa shape index (κ1) is 21.1. The molecule has 10 heteroatoms. The molecule has 0 bridgehead atoms. The Labute approximate surface area is 179 Å². The highest BCUT2D eigenvalue weighted by molar-refractivity contribution is 7.91. The van der Waals surface area contributed by atoms with E-state index >= 15 is 0 Å². The number of aryl methyl sites for hydroxylation is 2. The molecule has 31 heavy (non-hydrogen) atoms. The number of fused-ring (bicyclic) bond motifs is 1. The molecule has 0 aromatic carbocycles. The molecule has 0 amide bonds. The molecule has 3 aromatic heterocycles. The van der Waals surface area contributed by atoms with Crippen molar-refractivity contribution in [2.75, 3.05) is 5.75 Å². The first-order valence-corrected chi connectivity index (χ1v) is 11.7. The van der Waals surface area contributed by atoms with Crippen LogP contribution in [-0.2, 0) is 36.9 Å². The number of imidazole rings is 1. The number of hydrogen-bond donors (Lipinski definition) is 0. The Balaban J connectivity index is 1.82. The zero-order valence-corrected chi connectivity index (χ0v) is 18.4. The largest absolute Gasteiger partial charge is 0.333 e. The second-order valence-electron chi connectivity index (χ2n) is 7.77. The van der Waals surface area contributed by atoms with Gasteiger partial charge in [0.2, 0.25) is 15.0 Å². The first-order valence-electron chi connectivity index (χ1n) is 10.1. The number of sulfone groups is 1. The van der Waals surface area contributed by atoms with Crippen LogP contribution in [0.25, 0.3) is 11.2 Å². The van der Waals surface area contributed by atoms with E-state index in [0.29, 0.717) is 0 Å². The lowest BCUT2D eigenvalue weighted by Crippen LogP contribution is -2.38. The van der Waals surface area contributed by atoms with Gasteiger partial charge in [0.25, 0.3) is 5.56 Å². The summed E-state index contributed by atoms with van der Waals surface area (Å²) in [5.41, 5.74) is 0.575. The Hall–Kier alpha value is -3.19. The SMILES string of the molecule is CCc1cc(C#CCn2c(=O)n(C)c(=O)c3c2nc(S(=O)(=O)CC2CC2)n3C)ccn1. The van der Waals surface area contributed by atoms with E-state index in [9.17, 15) is 18.0 Å². The van der Waals surface area contributed by atoms with Gasteiger partial charge in [-0.3, -0.25) is 18.9 Å².